The van der Waals surface area contributed by atoms with E-state index in [2.05, 4.69) is 5.32 Å². The Balaban J connectivity index is 1.52. The van der Waals surface area contributed by atoms with Crippen molar-refractivity contribution in [2.75, 3.05) is 13.3 Å². The maximum Gasteiger partial charge on any atom is 0.231 e. The van der Waals surface area contributed by atoms with E-state index in [0.717, 1.165) is 24.1 Å². The molecule has 1 heterocycles. The van der Waals surface area contributed by atoms with Gasteiger partial charge in [0.1, 0.15) is 5.82 Å². The summed E-state index contributed by atoms with van der Waals surface area (Å²) in [5, 5.41) is 3.90. The molecule has 2 aromatic carbocycles. The molecule has 0 aromatic heterocycles. The second kappa shape index (κ2) is 6.33. The van der Waals surface area contributed by atoms with Crippen molar-refractivity contribution in [3.05, 3.63) is 58.4 Å². The fourth-order valence-corrected chi connectivity index (χ4v) is 2.53. The minimum absolute atomic E-state index is 0.207. The van der Waals surface area contributed by atoms with Crippen LogP contribution in [0.1, 0.15) is 11.1 Å². The summed E-state index contributed by atoms with van der Waals surface area (Å²) in [4.78, 5) is 0. The Bertz CT molecular complexity index is 631. The van der Waals surface area contributed by atoms with Crippen LogP contribution in [0.25, 0.3) is 0 Å². The van der Waals surface area contributed by atoms with Gasteiger partial charge in [-0.25, -0.2) is 4.39 Å². The van der Waals surface area contributed by atoms with Crippen molar-refractivity contribution < 1.29 is 13.9 Å². The average molecular weight is 308 g/mol. The third-order valence-corrected chi connectivity index (χ3v) is 3.60. The lowest BCUT2D eigenvalue weighted by Crippen LogP contribution is -2.16. The Morgan fingerprint density at radius 3 is 2.71 bits per heavy atom. The summed E-state index contributed by atoms with van der Waals surface area (Å²) in [5.74, 6) is 1.10. The smallest absolute Gasteiger partial charge is 0.231 e. The Kier molecular flexibility index (Phi) is 4.27. The molecular formula is C16H15ClFNO2. The molecule has 0 fully saturated rings. The second-order valence-electron chi connectivity index (χ2n) is 4.86. The van der Waals surface area contributed by atoms with Gasteiger partial charge in [0.25, 0.3) is 0 Å². The van der Waals surface area contributed by atoms with Crippen LogP contribution in [0.2, 0.25) is 5.02 Å². The predicted molar refractivity (Wildman–Crippen MR) is 79.4 cm³/mol. The van der Waals surface area contributed by atoms with Crippen molar-refractivity contribution in [3.63, 3.8) is 0 Å². The van der Waals surface area contributed by atoms with Crippen LogP contribution in [0.3, 0.4) is 0 Å². The number of rotatable bonds is 5. The Morgan fingerprint density at radius 1 is 1.10 bits per heavy atom. The van der Waals surface area contributed by atoms with Crippen molar-refractivity contribution in [1.82, 2.24) is 5.32 Å². The first-order valence-corrected chi connectivity index (χ1v) is 7.13. The third-order valence-electron chi connectivity index (χ3n) is 3.32. The second-order valence-corrected chi connectivity index (χ2v) is 5.27. The van der Waals surface area contributed by atoms with E-state index in [0.29, 0.717) is 23.1 Å². The Labute approximate surface area is 127 Å². The summed E-state index contributed by atoms with van der Waals surface area (Å²) < 4.78 is 23.4. The highest BCUT2D eigenvalue weighted by Crippen LogP contribution is 2.39. The van der Waals surface area contributed by atoms with Gasteiger partial charge < -0.3 is 14.8 Å². The molecule has 0 atom stereocenters. The highest BCUT2D eigenvalue weighted by molar-refractivity contribution is 6.32. The van der Waals surface area contributed by atoms with E-state index in [1.807, 2.05) is 12.1 Å². The van der Waals surface area contributed by atoms with Gasteiger partial charge in [0.05, 0.1) is 5.02 Å². The van der Waals surface area contributed by atoms with Crippen LogP contribution in [0.5, 0.6) is 11.5 Å². The van der Waals surface area contributed by atoms with Gasteiger partial charge in [-0.05, 0) is 48.4 Å². The van der Waals surface area contributed by atoms with Crippen LogP contribution in [0.4, 0.5) is 4.39 Å². The molecule has 0 amide bonds. The summed E-state index contributed by atoms with van der Waals surface area (Å²) in [6, 6.07) is 10.4. The van der Waals surface area contributed by atoms with Crippen LogP contribution < -0.4 is 14.8 Å². The molecule has 0 saturated carbocycles. The first-order valence-electron chi connectivity index (χ1n) is 6.75. The predicted octanol–water partition coefficient (Wildman–Crippen LogP) is 3.54. The van der Waals surface area contributed by atoms with Crippen LogP contribution >= 0.6 is 11.6 Å². The van der Waals surface area contributed by atoms with E-state index in [4.69, 9.17) is 21.1 Å². The number of fused-ring (bicyclic) bond motifs is 1. The fourth-order valence-electron chi connectivity index (χ4n) is 2.24. The molecule has 110 valence electrons. The first kappa shape index (κ1) is 14.2. The number of nitrogens with one attached hydrogen (secondary N) is 1. The van der Waals surface area contributed by atoms with Crippen molar-refractivity contribution in [2.24, 2.45) is 0 Å². The van der Waals surface area contributed by atoms with E-state index in [1.165, 1.54) is 12.1 Å². The number of halogens is 2. The minimum Gasteiger partial charge on any atom is -0.454 e. The lowest BCUT2D eigenvalue weighted by molar-refractivity contribution is 0.174. The Morgan fingerprint density at radius 2 is 1.90 bits per heavy atom. The molecule has 1 aliphatic heterocycles. The average Bonchev–Trinajstić information content (AvgIpc) is 2.94. The van der Waals surface area contributed by atoms with Crippen LogP contribution in [-0.2, 0) is 13.0 Å². The summed E-state index contributed by atoms with van der Waals surface area (Å²) in [5.41, 5.74) is 2.15. The molecule has 5 heteroatoms. The zero-order valence-corrected chi connectivity index (χ0v) is 12.1. The molecule has 2 aromatic rings. The summed E-state index contributed by atoms with van der Waals surface area (Å²) >= 11 is 6.13. The normalized spacial score (nSPS) is 12.7. The molecule has 1 aliphatic rings. The maximum absolute atomic E-state index is 12.8. The number of ether oxygens (including phenoxy) is 2. The van der Waals surface area contributed by atoms with E-state index in [1.54, 1.807) is 12.1 Å². The standard InChI is InChI=1S/C16H15ClFNO2/c17-14-7-12(8-15-16(14)21-10-20-15)9-19-6-5-11-1-3-13(18)4-2-11/h1-4,7-8,19H,5-6,9-10H2. The van der Waals surface area contributed by atoms with E-state index in [9.17, 15) is 4.39 Å². The lowest BCUT2D eigenvalue weighted by Gasteiger charge is -2.07. The molecule has 0 unspecified atom stereocenters. The van der Waals surface area contributed by atoms with Gasteiger partial charge in [-0.1, -0.05) is 23.7 Å². The SMILES string of the molecule is Fc1ccc(CCNCc2cc(Cl)c3c(c2)OCO3)cc1. The molecule has 3 rings (SSSR count). The van der Waals surface area contributed by atoms with Gasteiger partial charge in [0, 0.05) is 6.54 Å². The lowest BCUT2D eigenvalue weighted by atomic mass is 10.1. The first-order chi connectivity index (χ1) is 10.2. The molecular weight excluding hydrogens is 293 g/mol. The minimum atomic E-state index is -0.207. The molecule has 1 N–H and O–H groups in total. The molecule has 0 aliphatic carbocycles. The summed E-state index contributed by atoms with van der Waals surface area (Å²) in [6.07, 6.45) is 0.846. The van der Waals surface area contributed by atoms with Gasteiger partial charge in [-0.3, -0.25) is 0 Å². The zero-order valence-electron chi connectivity index (χ0n) is 11.4. The zero-order chi connectivity index (χ0) is 14.7. The van der Waals surface area contributed by atoms with Gasteiger partial charge >= 0.3 is 0 Å². The molecule has 0 saturated heterocycles. The van der Waals surface area contributed by atoms with Crippen LogP contribution in [-0.4, -0.2) is 13.3 Å². The van der Waals surface area contributed by atoms with Crippen molar-refractivity contribution in [1.29, 1.82) is 0 Å². The summed E-state index contributed by atoms with van der Waals surface area (Å²) in [7, 11) is 0. The topological polar surface area (TPSA) is 30.5 Å². The number of hydrogen-bond acceptors (Lipinski definition) is 3. The van der Waals surface area contributed by atoms with Gasteiger partial charge in [0.2, 0.25) is 6.79 Å². The van der Waals surface area contributed by atoms with Crippen molar-refractivity contribution >= 4 is 11.6 Å². The molecule has 21 heavy (non-hydrogen) atoms. The van der Waals surface area contributed by atoms with E-state index in [-0.39, 0.29) is 12.6 Å². The van der Waals surface area contributed by atoms with Gasteiger partial charge in [0.15, 0.2) is 11.5 Å². The van der Waals surface area contributed by atoms with Crippen molar-refractivity contribution in [2.45, 2.75) is 13.0 Å². The Hall–Kier alpha value is -1.78. The molecule has 0 bridgehead atoms. The maximum atomic E-state index is 12.8. The van der Waals surface area contributed by atoms with Crippen LogP contribution in [0.15, 0.2) is 36.4 Å². The largest absolute Gasteiger partial charge is 0.454 e. The van der Waals surface area contributed by atoms with E-state index < -0.39 is 0 Å². The highest BCUT2D eigenvalue weighted by atomic mass is 35.5. The fraction of sp³-hybridized carbons (Fsp3) is 0.250. The van der Waals surface area contributed by atoms with Gasteiger partial charge in [-0.15, -0.1) is 0 Å². The molecule has 0 spiro atoms. The van der Waals surface area contributed by atoms with Gasteiger partial charge in [-0.2, -0.15) is 0 Å². The number of benzene rings is 2. The summed E-state index contributed by atoms with van der Waals surface area (Å²) in [6.45, 7) is 1.71. The van der Waals surface area contributed by atoms with Crippen molar-refractivity contribution in [3.8, 4) is 11.5 Å². The number of hydrogen-bond donors (Lipinski definition) is 1. The van der Waals surface area contributed by atoms with Crippen LogP contribution in [0, 0.1) is 5.82 Å². The monoisotopic (exact) mass is 307 g/mol. The molecule has 3 nitrogen and oxygen atoms in total. The third kappa shape index (κ3) is 3.46. The molecule has 0 radical (unpaired) electrons. The highest BCUT2D eigenvalue weighted by Gasteiger charge is 2.17. The van der Waals surface area contributed by atoms with E-state index >= 15 is 0 Å². The quantitative estimate of drug-likeness (QED) is 0.857.